The van der Waals surface area contributed by atoms with Crippen LogP contribution in [-0.2, 0) is 9.53 Å². The largest absolute Gasteiger partial charge is 0.376 e. The SMILES string of the molecule is O=C(NCCOC1CCCC1)C(Cl)c1ccccc1. The third-order valence-corrected chi connectivity index (χ3v) is 3.83. The van der Waals surface area contributed by atoms with E-state index in [-0.39, 0.29) is 5.91 Å². The van der Waals surface area contributed by atoms with E-state index in [2.05, 4.69) is 5.32 Å². The Bertz CT molecular complexity index is 390. The highest BCUT2D eigenvalue weighted by atomic mass is 35.5. The highest BCUT2D eigenvalue weighted by Gasteiger charge is 2.17. The molecule has 1 atom stereocenters. The van der Waals surface area contributed by atoms with E-state index in [1.807, 2.05) is 30.3 Å². The molecule has 0 aliphatic heterocycles. The second-order valence-electron chi connectivity index (χ2n) is 4.84. The van der Waals surface area contributed by atoms with Gasteiger partial charge in [-0.3, -0.25) is 4.79 Å². The number of alkyl halides is 1. The molecule has 0 radical (unpaired) electrons. The minimum atomic E-state index is -0.632. The molecular formula is C15H20ClNO2. The molecule has 3 nitrogen and oxygen atoms in total. The van der Waals surface area contributed by atoms with Gasteiger partial charge in [-0.15, -0.1) is 11.6 Å². The molecule has 19 heavy (non-hydrogen) atoms. The molecule has 0 aromatic heterocycles. The maximum atomic E-state index is 11.8. The van der Waals surface area contributed by atoms with Gasteiger partial charge in [0.1, 0.15) is 5.38 Å². The average molecular weight is 282 g/mol. The van der Waals surface area contributed by atoms with Crippen molar-refractivity contribution in [3.05, 3.63) is 35.9 Å². The summed E-state index contributed by atoms with van der Waals surface area (Å²) in [6.45, 7) is 1.08. The van der Waals surface area contributed by atoms with Gasteiger partial charge in [0.2, 0.25) is 5.91 Å². The summed E-state index contributed by atoms with van der Waals surface area (Å²) in [7, 11) is 0. The summed E-state index contributed by atoms with van der Waals surface area (Å²) in [4.78, 5) is 11.8. The Morgan fingerprint density at radius 3 is 2.68 bits per heavy atom. The van der Waals surface area contributed by atoms with Gasteiger partial charge in [-0.05, 0) is 18.4 Å². The monoisotopic (exact) mass is 281 g/mol. The Morgan fingerprint density at radius 1 is 1.32 bits per heavy atom. The molecule has 4 heteroatoms. The predicted octanol–water partition coefficient (Wildman–Crippen LogP) is 3.04. The highest BCUT2D eigenvalue weighted by Crippen LogP contribution is 2.21. The number of carbonyl (C=O) groups is 1. The van der Waals surface area contributed by atoms with E-state index in [1.165, 1.54) is 12.8 Å². The van der Waals surface area contributed by atoms with Crippen LogP contribution in [0.2, 0.25) is 0 Å². The van der Waals surface area contributed by atoms with Crippen molar-refractivity contribution < 1.29 is 9.53 Å². The lowest BCUT2D eigenvalue weighted by atomic mass is 10.1. The van der Waals surface area contributed by atoms with E-state index in [1.54, 1.807) is 0 Å². The van der Waals surface area contributed by atoms with Gasteiger partial charge >= 0.3 is 0 Å². The Morgan fingerprint density at radius 2 is 2.00 bits per heavy atom. The zero-order chi connectivity index (χ0) is 13.5. The fourth-order valence-corrected chi connectivity index (χ4v) is 2.54. The smallest absolute Gasteiger partial charge is 0.242 e. The van der Waals surface area contributed by atoms with E-state index < -0.39 is 5.38 Å². The zero-order valence-electron chi connectivity index (χ0n) is 11.0. The van der Waals surface area contributed by atoms with Crippen LogP contribution in [0, 0.1) is 0 Å². The quantitative estimate of drug-likeness (QED) is 0.643. The minimum absolute atomic E-state index is 0.164. The van der Waals surface area contributed by atoms with Crippen LogP contribution in [-0.4, -0.2) is 25.2 Å². The first kappa shape index (κ1) is 14.4. The van der Waals surface area contributed by atoms with Crippen LogP contribution in [0.3, 0.4) is 0 Å². The third-order valence-electron chi connectivity index (χ3n) is 3.38. The Labute approximate surface area is 119 Å². The number of amides is 1. The fraction of sp³-hybridized carbons (Fsp3) is 0.533. The molecule has 1 aliphatic rings. The summed E-state index contributed by atoms with van der Waals surface area (Å²) in [5.41, 5.74) is 0.818. The molecule has 1 amide bonds. The van der Waals surface area contributed by atoms with Crippen molar-refractivity contribution in [1.82, 2.24) is 5.32 Å². The lowest BCUT2D eigenvalue weighted by Gasteiger charge is -2.13. The summed E-state index contributed by atoms with van der Waals surface area (Å²) < 4.78 is 5.68. The van der Waals surface area contributed by atoms with Gasteiger partial charge < -0.3 is 10.1 Å². The number of hydrogen-bond donors (Lipinski definition) is 1. The first-order valence-corrected chi connectivity index (χ1v) is 7.29. The highest BCUT2D eigenvalue weighted by molar-refractivity contribution is 6.30. The molecule has 1 saturated carbocycles. The molecule has 0 bridgehead atoms. The third kappa shape index (κ3) is 4.51. The van der Waals surface area contributed by atoms with E-state index in [4.69, 9.17) is 16.3 Å². The van der Waals surface area contributed by atoms with E-state index in [9.17, 15) is 4.79 Å². The molecule has 0 spiro atoms. The summed E-state index contributed by atoms with van der Waals surface area (Å²) in [5, 5.41) is 2.18. The molecule has 1 N–H and O–H groups in total. The van der Waals surface area contributed by atoms with E-state index in [0.29, 0.717) is 19.3 Å². The number of carbonyl (C=O) groups excluding carboxylic acids is 1. The molecule has 1 aliphatic carbocycles. The normalized spacial score (nSPS) is 17.3. The predicted molar refractivity (Wildman–Crippen MR) is 76.3 cm³/mol. The van der Waals surface area contributed by atoms with Crippen molar-refractivity contribution in [3.63, 3.8) is 0 Å². The summed E-state index contributed by atoms with van der Waals surface area (Å²) in [6.07, 6.45) is 5.20. The average Bonchev–Trinajstić information content (AvgIpc) is 2.96. The number of rotatable bonds is 6. The van der Waals surface area contributed by atoms with Crippen molar-refractivity contribution in [2.45, 2.75) is 37.2 Å². The maximum absolute atomic E-state index is 11.8. The number of benzene rings is 1. The first-order valence-electron chi connectivity index (χ1n) is 6.85. The molecule has 1 fully saturated rings. The second-order valence-corrected chi connectivity index (χ2v) is 5.28. The second kappa shape index (κ2) is 7.51. The van der Waals surface area contributed by atoms with Crippen molar-refractivity contribution >= 4 is 17.5 Å². The lowest BCUT2D eigenvalue weighted by molar-refractivity contribution is -0.121. The van der Waals surface area contributed by atoms with Gasteiger partial charge in [-0.25, -0.2) is 0 Å². The number of ether oxygens (including phenoxy) is 1. The van der Waals surface area contributed by atoms with E-state index >= 15 is 0 Å². The van der Waals surface area contributed by atoms with Gasteiger partial charge in [0.25, 0.3) is 0 Å². The van der Waals surface area contributed by atoms with Crippen LogP contribution in [0.25, 0.3) is 0 Å². The standard InChI is InChI=1S/C15H20ClNO2/c16-14(12-6-2-1-3-7-12)15(18)17-10-11-19-13-8-4-5-9-13/h1-3,6-7,13-14H,4-5,8-11H2,(H,17,18). The van der Waals surface area contributed by atoms with E-state index in [0.717, 1.165) is 18.4 Å². The zero-order valence-corrected chi connectivity index (χ0v) is 11.7. The van der Waals surface area contributed by atoms with Gasteiger partial charge in [0.15, 0.2) is 0 Å². The van der Waals surface area contributed by atoms with Crippen molar-refractivity contribution in [1.29, 1.82) is 0 Å². The summed E-state index contributed by atoms with van der Waals surface area (Å²) in [5.74, 6) is -0.164. The fourth-order valence-electron chi connectivity index (χ4n) is 2.32. The van der Waals surface area contributed by atoms with Crippen molar-refractivity contribution in [3.8, 4) is 0 Å². The molecule has 1 unspecified atom stereocenters. The van der Waals surface area contributed by atoms with Crippen LogP contribution >= 0.6 is 11.6 Å². The Kier molecular flexibility index (Phi) is 5.67. The summed E-state index contributed by atoms with van der Waals surface area (Å²) >= 11 is 6.11. The number of nitrogens with one attached hydrogen (secondary N) is 1. The molecular weight excluding hydrogens is 262 g/mol. The van der Waals surface area contributed by atoms with Crippen LogP contribution in [0.4, 0.5) is 0 Å². The van der Waals surface area contributed by atoms with Gasteiger partial charge in [-0.2, -0.15) is 0 Å². The van der Waals surface area contributed by atoms with Crippen LogP contribution < -0.4 is 5.32 Å². The maximum Gasteiger partial charge on any atom is 0.242 e. The molecule has 0 saturated heterocycles. The van der Waals surface area contributed by atoms with Gasteiger partial charge in [0.05, 0.1) is 12.7 Å². The number of hydrogen-bond acceptors (Lipinski definition) is 2. The molecule has 1 aromatic carbocycles. The Hall–Kier alpha value is -1.06. The number of halogens is 1. The molecule has 2 rings (SSSR count). The Balaban J connectivity index is 1.66. The van der Waals surface area contributed by atoms with Crippen molar-refractivity contribution in [2.24, 2.45) is 0 Å². The van der Waals surface area contributed by atoms with Crippen LogP contribution in [0.15, 0.2) is 30.3 Å². The summed E-state index contributed by atoms with van der Waals surface area (Å²) in [6, 6.07) is 9.36. The van der Waals surface area contributed by atoms with Crippen LogP contribution in [0.5, 0.6) is 0 Å². The van der Waals surface area contributed by atoms with Gasteiger partial charge in [-0.1, -0.05) is 43.2 Å². The molecule has 0 heterocycles. The van der Waals surface area contributed by atoms with Crippen LogP contribution in [0.1, 0.15) is 36.6 Å². The minimum Gasteiger partial charge on any atom is -0.376 e. The van der Waals surface area contributed by atoms with Gasteiger partial charge in [0, 0.05) is 6.54 Å². The molecule has 1 aromatic rings. The molecule has 104 valence electrons. The lowest BCUT2D eigenvalue weighted by Crippen LogP contribution is -2.31. The van der Waals surface area contributed by atoms with Crippen molar-refractivity contribution in [2.75, 3.05) is 13.2 Å². The first-order chi connectivity index (χ1) is 9.27. The topological polar surface area (TPSA) is 38.3 Å².